The Balaban J connectivity index is 0.00000200. The molecule has 0 aliphatic carbocycles. The zero-order chi connectivity index (χ0) is 13.7. The summed E-state index contributed by atoms with van der Waals surface area (Å²) in [5, 5.41) is 6.73. The molecule has 6 nitrogen and oxygen atoms in total. The fourth-order valence-electron chi connectivity index (χ4n) is 1.54. The van der Waals surface area contributed by atoms with E-state index in [4.69, 9.17) is 10.3 Å². The highest BCUT2D eigenvalue weighted by Crippen LogP contribution is 2.07. The third-order valence-electron chi connectivity index (χ3n) is 2.50. The fourth-order valence-corrected chi connectivity index (χ4v) is 1.54. The number of nitrogens with two attached hydrogens (primary N) is 1. The van der Waals surface area contributed by atoms with Gasteiger partial charge in [-0.25, -0.2) is 0 Å². The van der Waals surface area contributed by atoms with Crippen LogP contribution in [0.5, 0.6) is 0 Å². The molecule has 2 aromatic rings. The predicted molar refractivity (Wildman–Crippen MR) is 89.4 cm³/mol. The zero-order valence-electron chi connectivity index (χ0n) is 11.5. The van der Waals surface area contributed by atoms with Crippen LogP contribution in [0.1, 0.15) is 17.3 Å². The van der Waals surface area contributed by atoms with Gasteiger partial charge in [-0.3, -0.25) is 4.99 Å². The number of aliphatic imine (C=N–C) groups is 1. The number of aryl methyl sites for hydroxylation is 2. The van der Waals surface area contributed by atoms with Gasteiger partial charge in [-0.05, 0) is 26.0 Å². The van der Waals surface area contributed by atoms with Crippen LogP contribution in [-0.2, 0) is 6.42 Å². The number of guanidine groups is 1. The summed E-state index contributed by atoms with van der Waals surface area (Å²) in [6, 6.07) is 7.94. The lowest BCUT2D eigenvalue weighted by Gasteiger charge is -2.05. The first-order valence-corrected chi connectivity index (χ1v) is 6.06. The van der Waals surface area contributed by atoms with E-state index in [0.29, 0.717) is 30.6 Å². The van der Waals surface area contributed by atoms with Gasteiger partial charge in [-0.15, -0.1) is 24.0 Å². The van der Waals surface area contributed by atoms with Gasteiger partial charge in [0.25, 0.3) is 0 Å². The third kappa shape index (κ3) is 5.16. The number of anilines is 1. The lowest BCUT2D eigenvalue weighted by Crippen LogP contribution is -2.23. The Hall–Kier alpha value is -1.64. The number of nitrogens with zero attached hydrogens (tertiary/aromatic N) is 3. The third-order valence-corrected chi connectivity index (χ3v) is 2.50. The van der Waals surface area contributed by atoms with Gasteiger partial charge in [-0.2, -0.15) is 4.98 Å². The van der Waals surface area contributed by atoms with Crippen LogP contribution in [0.15, 0.2) is 33.8 Å². The Morgan fingerprint density at radius 1 is 1.30 bits per heavy atom. The summed E-state index contributed by atoms with van der Waals surface area (Å²) in [6.45, 7) is 4.32. The molecule has 0 saturated carbocycles. The van der Waals surface area contributed by atoms with Gasteiger partial charge in [0.05, 0.1) is 6.54 Å². The molecule has 0 aliphatic heterocycles. The maximum absolute atomic E-state index is 5.79. The van der Waals surface area contributed by atoms with E-state index in [-0.39, 0.29) is 24.0 Å². The number of rotatable bonds is 4. The van der Waals surface area contributed by atoms with Crippen molar-refractivity contribution in [2.45, 2.75) is 20.3 Å². The van der Waals surface area contributed by atoms with Crippen molar-refractivity contribution < 1.29 is 4.52 Å². The Bertz CT molecular complexity index is 564. The summed E-state index contributed by atoms with van der Waals surface area (Å²) in [6.07, 6.45) is 0.580. The Morgan fingerprint density at radius 3 is 2.60 bits per heavy atom. The first kappa shape index (κ1) is 16.4. The summed E-state index contributed by atoms with van der Waals surface area (Å²) in [5.74, 6) is 1.58. The average Bonchev–Trinajstić information content (AvgIpc) is 2.78. The van der Waals surface area contributed by atoms with E-state index in [1.165, 1.54) is 5.56 Å². The molecule has 1 aromatic carbocycles. The molecule has 0 radical (unpaired) electrons. The highest BCUT2D eigenvalue weighted by Gasteiger charge is 2.01. The summed E-state index contributed by atoms with van der Waals surface area (Å²) in [7, 11) is 0. The highest BCUT2D eigenvalue weighted by atomic mass is 127. The minimum absolute atomic E-state index is 0. The Morgan fingerprint density at radius 2 is 2.00 bits per heavy atom. The number of nitrogens with one attached hydrogen (secondary N) is 1. The van der Waals surface area contributed by atoms with Crippen LogP contribution >= 0.6 is 24.0 Å². The van der Waals surface area contributed by atoms with Crippen LogP contribution in [0, 0.1) is 13.8 Å². The van der Waals surface area contributed by atoms with Crippen LogP contribution in [0.4, 0.5) is 5.69 Å². The molecule has 0 saturated heterocycles. The lowest BCUT2D eigenvalue weighted by atomic mass is 10.2. The van der Waals surface area contributed by atoms with Crippen molar-refractivity contribution in [1.82, 2.24) is 10.1 Å². The minimum atomic E-state index is 0. The molecule has 20 heavy (non-hydrogen) atoms. The second-order valence-corrected chi connectivity index (χ2v) is 4.24. The van der Waals surface area contributed by atoms with Crippen LogP contribution in [0.3, 0.4) is 0 Å². The first-order valence-electron chi connectivity index (χ1n) is 6.06. The summed E-state index contributed by atoms with van der Waals surface area (Å²) in [5.41, 5.74) is 7.90. The summed E-state index contributed by atoms with van der Waals surface area (Å²) in [4.78, 5) is 8.29. The van der Waals surface area contributed by atoms with Crippen molar-refractivity contribution in [3.63, 3.8) is 0 Å². The molecule has 108 valence electrons. The number of halogens is 1. The number of benzene rings is 1. The van der Waals surface area contributed by atoms with Gasteiger partial charge in [0.1, 0.15) is 0 Å². The van der Waals surface area contributed by atoms with Crippen molar-refractivity contribution in [1.29, 1.82) is 0 Å². The van der Waals surface area contributed by atoms with Gasteiger partial charge >= 0.3 is 0 Å². The molecule has 0 fully saturated rings. The molecule has 0 bridgehead atoms. The zero-order valence-corrected chi connectivity index (χ0v) is 13.8. The maximum Gasteiger partial charge on any atom is 0.228 e. The van der Waals surface area contributed by atoms with Crippen LogP contribution < -0.4 is 11.1 Å². The monoisotopic (exact) mass is 387 g/mol. The van der Waals surface area contributed by atoms with E-state index < -0.39 is 0 Å². The summed E-state index contributed by atoms with van der Waals surface area (Å²) >= 11 is 0. The molecule has 0 spiro atoms. The molecule has 0 atom stereocenters. The van der Waals surface area contributed by atoms with Crippen LogP contribution in [0.2, 0.25) is 0 Å². The Labute approximate surface area is 134 Å². The number of hydrogen-bond acceptors (Lipinski definition) is 4. The standard InChI is InChI=1S/C13H17N5O.HI/c1-9-3-5-11(6-4-9)17-13(14)15-8-7-12-16-10(2)18-19-12;/h3-6H,7-8H2,1-2H3,(H3,14,15,17);1H. The first-order chi connectivity index (χ1) is 9.13. The Kier molecular flexibility index (Phi) is 6.43. The van der Waals surface area contributed by atoms with E-state index in [2.05, 4.69) is 20.4 Å². The smallest absolute Gasteiger partial charge is 0.228 e. The molecule has 1 aromatic heterocycles. The largest absolute Gasteiger partial charge is 0.370 e. The van der Waals surface area contributed by atoms with E-state index >= 15 is 0 Å². The predicted octanol–water partition coefficient (Wildman–Crippen LogP) is 2.27. The van der Waals surface area contributed by atoms with Gasteiger partial charge < -0.3 is 15.6 Å². The van der Waals surface area contributed by atoms with E-state index in [1.807, 2.05) is 31.2 Å². The van der Waals surface area contributed by atoms with E-state index in [0.717, 1.165) is 5.69 Å². The molecule has 7 heteroatoms. The van der Waals surface area contributed by atoms with Gasteiger partial charge in [-0.1, -0.05) is 22.9 Å². The van der Waals surface area contributed by atoms with E-state index in [1.54, 1.807) is 6.92 Å². The number of aromatic nitrogens is 2. The number of hydrogen-bond donors (Lipinski definition) is 2. The molecule has 0 aliphatic rings. The SMILES string of the molecule is Cc1ccc(NC(N)=NCCc2nc(C)no2)cc1.I. The topological polar surface area (TPSA) is 89.3 Å². The second kappa shape index (κ2) is 7.83. The van der Waals surface area contributed by atoms with Crippen molar-refractivity contribution in [2.75, 3.05) is 11.9 Å². The van der Waals surface area contributed by atoms with Crippen molar-refractivity contribution >= 4 is 35.6 Å². The molecular weight excluding hydrogens is 369 g/mol. The molecular formula is C13H18IN5O. The maximum atomic E-state index is 5.79. The normalized spacial score (nSPS) is 11.0. The molecule has 1 heterocycles. The second-order valence-electron chi connectivity index (χ2n) is 4.24. The quantitative estimate of drug-likeness (QED) is 0.477. The van der Waals surface area contributed by atoms with Gasteiger partial charge in [0, 0.05) is 12.1 Å². The van der Waals surface area contributed by atoms with Crippen molar-refractivity contribution in [3.05, 3.63) is 41.5 Å². The van der Waals surface area contributed by atoms with Crippen molar-refractivity contribution in [2.24, 2.45) is 10.7 Å². The molecule has 0 unspecified atom stereocenters. The highest BCUT2D eigenvalue weighted by molar-refractivity contribution is 14.0. The van der Waals surface area contributed by atoms with Gasteiger partial charge in [0.15, 0.2) is 11.8 Å². The van der Waals surface area contributed by atoms with Gasteiger partial charge in [0.2, 0.25) is 5.89 Å². The molecule has 0 amide bonds. The molecule has 3 N–H and O–H groups in total. The lowest BCUT2D eigenvalue weighted by molar-refractivity contribution is 0.376. The minimum Gasteiger partial charge on any atom is -0.370 e. The summed E-state index contributed by atoms with van der Waals surface area (Å²) < 4.78 is 4.99. The molecule has 2 rings (SSSR count). The van der Waals surface area contributed by atoms with Crippen LogP contribution in [-0.4, -0.2) is 22.6 Å². The van der Waals surface area contributed by atoms with Crippen LogP contribution in [0.25, 0.3) is 0 Å². The average molecular weight is 387 g/mol. The van der Waals surface area contributed by atoms with Crippen molar-refractivity contribution in [3.8, 4) is 0 Å². The van der Waals surface area contributed by atoms with E-state index in [9.17, 15) is 0 Å². The fraction of sp³-hybridized carbons (Fsp3) is 0.308.